The zero-order chi connectivity index (χ0) is 12.7. The second kappa shape index (κ2) is 7.03. The number of methoxy groups -OCH3 is 2. The topological polar surface area (TPSA) is 64.8 Å². The van der Waals surface area contributed by atoms with Gasteiger partial charge in [-0.3, -0.25) is 4.79 Å². The fourth-order valence-corrected chi connectivity index (χ4v) is 1.31. The number of hydrogen-bond donors (Lipinski definition) is 0. The third-order valence-corrected chi connectivity index (χ3v) is 2.22. The van der Waals surface area contributed by atoms with Crippen LogP contribution in [0.5, 0.6) is 0 Å². The number of nitrogens with zero attached hydrogens (tertiary/aromatic N) is 2. The summed E-state index contributed by atoms with van der Waals surface area (Å²) in [6.07, 6.45) is 1.53. The Bertz CT molecular complexity index is 343. The van der Waals surface area contributed by atoms with Crippen molar-refractivity contribution in [2.45, 2.75) is 6.92 Å². The summed E-state index contributed by atoms with van der Waals surface area (Å²) in [5.74, 6) is 0.480. The Morgan fingerprint density at radius 2 is 1.94 bits per heavy atom. The SMILES string of the molecule is COCCN(CCOC)C(=O)c1ncc(C)o1. The van der Waals surface area contributed by atoms with Crippen LogP contribution in [-0.2, 0) is 9.47 Å². The lowest BCUT2D eigenvalue weighted by Crippen LogP contribution is -2.36. The van der Waals surface area contributed by atoms with Gasteiger partial charge in [-0.2, -0.15) is 0 Å². The number of amides is 1. The molecule has 0 spiro atoms. The molecule has 0 aromatic carbocycles. The van der Waals surface area contributed by atoms with Gasteiger partial charge < -0.3 is 18.8 Å². The molecular formula is C11H18N2O4. The van der Waals surface area contributed by atoms with Crippen molar-refractivity contribution in [3.63, 3.8) is 0 Å². The number of aromatic nitrogens is 1. The maximum atomic E-state index is 12.0. The molecule has 0 aliphatic carbocycles. The van der Waals surface area contributed by atoms with Gasteiger partial charge in [-0.1, -0.05) is 0 Å². The highest BCUT2D eigenvalue weighted by Gasteiger charge is 2.19. The zero-order valence-corrected chi connectivity index (χ0v) is 10.4. The van der Waals surface area contributed by atoms with Gasteiger partial charge in [0.25, 0.3) is 5.89 Å². The van der Waals surface area contributed by atoms with E-state index in [1.807, 2.05) is 0 Å². The summed E-state index contributed by atoms with van der Waals surface area (Å²) in [6, 6.07) is 0. The van der Waals surface area contributed by atoms with Crippen molar-refractivity contribution in [2.75, 3.05) is 40.5 Å². The van der Waals surface area contributed by atoms with E-state index in [-0.39, 0.29) is 11.8 Å². The molecule has 0 saturated carbocycles. The summed E-state index contributed by atoms with van der Waals surface area (Å²) in [6.45, 7) is 3.66. The molecule has 1 aromatic rings. The number of ether oxygens (including phenoxy) is 2. The summed E-state index contributed by atoms with van der Waals surface area (Å²) in [4.78, 5) is 17.5. The Balaban J connectivity index is 2.64. The summed E-state index contributed by atoms with van der Waals surface area (Å²) in [7, 11) is 3.18. The molecule has 1 aromatic heterocycles. The predicted molar refractivity (Wildman–Crippen MR) is 60.9 cm³/mol. The lowest BCUT2D eigenvalue weighted by atomic mass is 10.4. The average molecular weight is 242 g/mol. The van der Waals surface area contributed by atoms with Crippen LogP contribution >= 0.6 is 0 Å². The van der Waals surface area contributed by atoms with Crippen molar-refractivity contribution < 1.29 is 18.7 Å². The van der Waals surface area contributed by atoms with E-state index in [4.69, 9.17) is 13.9 Å². The molecule has 0 fully saturated rings. The van der Waals surface area contributed by atoms with Crippen LogP contribution in [0.15, 0.2) is 10.6 Å². The molecule has 96 valence electrons. The maximum Gasteiger partial charge on any atom is 0.309 e. The number of rotatable bonds is 7. The van der Waals surface area contributed by atoms with Crippen LogP contribution in [0.2, 0.25) is 0 Å². The van der Waals surface area contributed by atoms with Crippen LogP contribution in [0, 0.1) is 6.92 Å². The second-order valence-electron chi connectivity index (χ2n) is 3.55. The van der Waals surface area contributed by atoms with E-state index < -0.39 is 0 Å². The first kappa shape index (κ1) is 13.7. The highest BCUT2D eigenvalue weighted by Crippen LogP contribution is 2.05. The number of carbonyl (C=O) groups is 1. The molecule has 0 unspecified atom stereocenters. The van der Waals surface area contributed by atoms with Gasteiger partial charge in [0.15, 0.2) is 0 Å². The Hall–Kier alpha value is -1.40. The van der Waals surface area contributed by atoms with Crippen LogP contribution in [0.25, 0.3) is 0 Å². The molecule has 0 aliphatic heterocycles. The Morgan fingerprint density at radius 1 is 1.35 bits per heavy atom. The fraction of sp³-hybridized carbons (Fsp3) is 0.636. The minimum atomic E-state index is -0.243. The van der Waals surface area contributed by atoms with Crippen LogP contribution in [0.4, 0.5) is 0 Å². The molecule has 0 bridgehead atoms. The summed E-state index contributed by atoms with van der Waals surface area (Å²) in [5.41, 5.74) is 0. The molecule has 6 heteroatoms. The average Bonchev–Trinajstić information content (AvgIpc) is 2.75. The molecule has 0 aliphatic rings. The molecule has 0 radical (unpaired) electrons. The maximum absolute atomic E-state index is 12.0. The quantitative estimate of drug-likeness (QED) is 0.704. The lowest BCUT2D eigenvalue weighted by molar-refractivity contribution is 0.0589. The second-order valence-corrected chi connectivity index (χ2v) is 3.55. The number of hydrogen-bond acceptors (Lipinski definition) is 5. The minimum absolute atomic E-state index is 0.106. The molecule has 1 amide bonds. The van der Waals surface area contributed by atoms with E-state index in [9.17, 15) is 4.79 Å². The molecule has 1 rings (SSSR count). The van der Waals surface area contributed by atoms with Gasteiger partial charge >= 0.3 is 5.91 Å². The van der Waals surface area contributed by atoms with Crippen LogP contribution in [0.3, 0.4) is 0 Å². The van der Waals surface area contributed by atoms with Gasteiger partial charge in [0.05, 0.1) is 19.4 Å². The highest BCUT2D eigenvalue weighted by atomic mass is 16.5. The molecule has 0 N–H and O–H groups in total. The largest absolute Gasteiger partial charge is 0.438 e. The van der Waals surface area contributed by atoms with Gasteiger partial charge in [0, 0.05) is 27.3 Å². The van der Waals surface area contributed by atoms with Gasteiger partial charge in [-0.05, 0) is 6.92 Å². The van der Waals surface area contributed by atoms with Gasteiger partial charge in [-0.25, -0.2) is 4.98 Å². The molecule has 0 saturated heterocycles. The monoisotopic (exact) mass is 242 g/mol. The summed E-state index contributed by atoms with van der Waals surface area (Å²) >= 11 is 0. The molecular weight excluding hydrogens is 224 g/mol. The first-order valence-electron chi connectivity index (χ1n) is 5.38. The standard InChI is InChI=1S/C11H18N2O4/c1-9-8-12-10(17-9)11(14)13(4-6-15-2)5-7-16-3/h8H,4-7H2,1-3H3. The van der Waals surface area contributed by atoms with E-state index in [2.05, 4.69) is 4.98 Å². The summed E-state index contributed by atoms with van der Waals surface area (Å²) < 4.78 is 15.1. The van der Waals surface area contributed by atoms with E-state index in [0.717, 1.165) is 0 Å². The normalized spacial score (nSPS) is 10.5. The molecule has 1 heterocycles. The van der Waals surface area contributed by atoms with E-state index in [1.54, 1.807) is 26.0 Å². The van der Waals surface area contributed by atoms with E-state index >= 15 is 0 Å². The number of oxazole rings is 1. The van der Waals surface area contributed by atoms with Gasteiger partial charge in [0.1, 0.15) is 5.76 Å². The number of aryl methyl sites for hydroxylation is 1. The fourth-order valence-electron chi connectivity index (χ4n) is 1.31. The third kappa shape index (κ3) is 4.16. The van der Waals surface area contributed by atoms with Gasteiger partial charge in [0.2, 0.25) is 0 Å². The third-order valence-electron chi connectivity index (χ3n) is 2.22. The van der Waals surface area contributed by atoms with E-state index in [0.29, 0.717) is 32.1 Å². The van der Waals surface area contributed by atoms with Crippen LogP contribution < -0.4 is 0 Å². The number of carbonyl (C=O) groups excluding carboxylic acids is 1. The predicted octanol–water partition coefficient (Wildman–Crippen LogP) is 0.718. The first-order valence-corrected chi connectivity index (χ1v) is 5.38. The Labute approximate surface area is 101 Å². The van der Waals surface area contributed by atoms with Gasteiger partial charge in [-0.15, -0.1) is 0 Å². The molecule has 6 nitrogen and oxygen atoms in total. The van der Waals surface area contributed by atoms with Crippen LogP contribution in [-0.4, -0.2) is 56.3 Å². The smallest absolute Gasteiger partial charge is 0.309 e. The minimum Gasteiger partial charge on any atom is -0.438 e. The lowest BCUT2D eigenvalue weighted by Gasteiger charge is -2.20. The van der Waals surface area contributed by atoms with Crippen LogP contribution in [0.1, 0.15) is 16.4 Å². The van der Waals surface area contributed by atoms with Crippen molar-refractivity contribution in [2.24, 2.45) is 0 Å². The molecule has 0 atom stereocenters. The van der Waals surface area contributed by atoms with Crippen molar-refractivity contribution in [3.8, 4) is 0 Å². The summed E-state index contributed by atoms with van der Waals surface area (Å²) in [5, 5.41) is 0. The van der Waals surface area contributed by atoms with Crippen molar-refractivity contribution in [3.05, 3.63) is 17.8 Å². The van der Waals surface area contributed by atoms with Crippen molar-refractivity contribution in [1.29, 1.82) is 0 Å². The zero-order valence-electron chi connectivity index (χ0n) is 10.4. The van der Waals surface area contributed by atoms with Crippen molar-refractivity contribution >= 4 is 5.91 Å². The van der Waals surface area contributed by atoms with Crippen molar-refractivity contribution in [1.82, 2.24) is 9.88 Å². The van der Waals surface area contributed by atoms with E-state index in [1.165, 1.54) is 6.20 Å². The Kier molecular flexibility index (Phi) is 5.65. The Morgan fingerprint density at radius 3 is 2.35 bits per heavy atom. The molecule has 17 heavy (non-hydrogen) atoms. The highest BCUT2D eigenvalue weighted by molar-refractivity contribution is 5.89. The first-order chi connectivity index (χ1) is 8.19.